The summed E-state index contributed by atoms with van der Waals surface area (Å²) in [7, 11) is 0. The number of alkyl halides is 3. The van der Waals surface area contributed by atoms with Crippen molar-refractivity contribution < 1.29 is 22.3 Å². The average molecular weight is 341 g/mol. The van der Waals surface area contributed by atoms with Gasteiger partial charge in [-0.25, -0.2) is 4.39 Å². The van der Waals surface area contributed by atoms with Gasteiger partial charge in [0.1, 0.15) is 17.5 Å². The molecule has 2 aromatic rings. The third-order valence-electron chi connectivity index (χ3n) is 3.22. The number of hydrogen-bond donors (Lipinski definition) is 0. The Hall–Kier alpha value is -2.89. The van der Waals surface area contributed by atoms with Gasteiger partial charge in [0, 0.05) is 11.6 Å². The van der Waals surface area contributed by atoms with Crippen molar-refractivity contribution in [2.24, 2.45) is 0 Å². The summed E-state index contributed by atoms with van der Waals surface area (Å²) in [5.41, 5.74) is -3.42. The van der Waals surface area contributed by atoms with E-state index in [1.807, 2.05) is 0 Å². The summed E-state index contributed by atoms with van der Waals surface area (Å²) in [6.45, 7) is 2.79. The van der Waals surface area contributed by atoms with Gasteiger partial charge in [0.05, 0.1) is 23.9 Å². The lowest BCUT2D eigenvalue weighted by molar-refractivity contribution is -0.138. The van der Waals surface area contributed by atoms with Gasteiger partial charge < -0.3 is 4.74 Å². The molecule has 24 heavy (non-hydrogen) atoms. The molecule has 1 aromatic carbocycles. The zero-order valence-electron chi connectivity index (χ0n) is 12.6. The van der Waals surface area contributed by atoms with Crippen LogP contribution in [0.15, 0.2) is 23.1 Å². The molecule has 0 amide bonds. The first-order valence-electron chi connectivity index (χ1n) is 6.73. The summed E-state index contributed by atoms with van der Waals surface area (Å²) in [5, 5.41) is 12.3. The zero-order chi connectivity index (χ0) is 18.1. The number of ether oxygens (including phenoxy) is 1. The smallest absolute Gasteiger partial charge is 0.418 e. The third-order valence-corrected chi connectivity index (χ3v) is 3.22. The number of benzene rings is 1. The van der Waals surface area contributed by atoms with Crippen LogP contribution < -0.4 is 10.3 Å². The van der Waals surface area contributed by atoms with E-state index in [4.69, 9.17) is 10.00 Å². The van der Waals surface area contributed by atoms with Crippen molar-refractivity contribution in [3.63, 3.8) is 0 Å². The number of rotatable bonds is 3. The standard InChI is InChI=1S/C15H11F4N3O2/c1-3-24-13-5-12(11(16)4-9(13)6-20)22-14(23)8(2)10(7-21-22)15(17,18)19/h4-5,7H,3H2,1-2H3. The number of nitriles is 1. The van der Waals surface area contributed by atoms with E-state index in [9.17, 15) is 22.4 Å². The Bertz CT molecular complexity index is 882. The van der Waals surface area contributed by atoms with Crippen molar-refractivity contribution in [2.75, 3.05) is 6.61 Å². The summed E-state index contributed by atoms with van der Waals surface area (Å²) in [4.78, 5) is 12.1. The Kier molecular flexibility index (Phi) is 4.59. The molecule has 0 spiro atoms. The van der Waals surface area contributed by atoms with E-state index in [1.165, 1.54) is 0 Å². The average Bonchev–Trinajstić information content (AvgIpc) is 2.50. The van der Waals surface area contributed by atoms with Crippen molar-refractivity contribution in [3.8, 4) is 17.5 Å². The first kappa shape index (κ1) is 17.5. The molecular formula is C15H11F4N3O2. The number of hydrogen-bond acceptors (Lipinski definition) is 4. The number of aromatic nitrogens is 2. The molecule has 0 saturated carbocycles. The zero-order valence-corrected chi connectivity index (χ0v) is 12.6. The Morgan fingerprint density at radius 2 is 2.04 bits per heavy atom. The highest BCUT2D eigenvalue weighted by atomic mass is 19.4. The van der Waals surface area contributed by atoms with Gasteiger partial charge >= 0.3 is 6.18 Å². The maximum atomic E-state index is 14.2. The molecular weight excluding hydrogens is 330 g/mol. The van der Waals surface area contributed by atoms with Gasteiger partial charge in [0.15, 0.2) is 5.82 Å². The molecule has 126 valence electrons. The van der Waals surface area contributed by atoms with Gasteiger partial charge in [0.25, 0.3) is 5.56 Å². The molecule has 1 aromatic heterocycles. The topological polar surface area (TPSA) is 67.9 Å². The van der Waals surface area contributed by atoms with Crippen molar-refractivity contribution in [1.29, 1.82) is 5.26 Å². The largest absolute Gasteiger partial charge is 0.492 e. The SMILES string of the molecule is CCOc1cc(-n2ncc(C(F)(F)F)c(C)c2=O)c(F)cc1C#N. The molecule has 0 N–H and O–H groups in total. The van der Waals surface area contributed by atoms with Gasteiger partial charge in [-0.2, -0.15) is 28.2 Å². The van der Waals surface area contributed by atoms with Gasteiger partial charge in [-0.05, 0) is 19.9 Å². The van der Waals surface area contributed by atoms with Crippen molar-refractivity contribution in [2.45, 2.75) is 20.0 Å². The minimum atomic E-state index is -4.74. The monoisotopic (exact) mass is 341 g/mol. The van der Waals surface area contributed by atoms with Crippen LogP contribution in [-0.4, -0.2) is 16.4 Å². The normalized spacial score (nSPS) is 11.2. The van der Waals surface area contributed by atoms with Crippen LogP contribution in [-0.2, 0) is 6.18 Å². The minimum absolute atomic E-state index is 0.00245. The predicted molar refractivity (Wildman–Crippen MR) is 75.4 cm³/mol. The van der Waals surface area contributed by atoms with Crippen LogP contribution >= 0.6 is 0 Å². The molecule has 0 radical (unpaired) electrons. The molecule has 0 bridgehead atoms. The molecule has 1 heterocycles. The van der Waals surface area contributed by atoms with E-state index < -0.39 is 34.4 Å². The fourth-order valence-electron chi connectivity index (χ4n) is 2.06. The Morgan fingerprint density at radius 3 is 2.58 bits per heavy atom. The first-order valence-corrected chi connectivity index (χ1v) is 6.73. The molecule has 0 atom stereocenters. The Balaban J connectivity index is 2.70. The van der Waals surface area contributed by atoms with E-state index >= 15 is 0 Å². The predicted octanol–water partition coefficient (Wildman–Crippen LogP) is 2.97. The van der Waals surface area contributed by atoms with Gasteiger partial charge in [0.2, 0.25) is 0 Å². The summed E-state index contributed by atoms with van der Waals surface area (Å²) in [5.74, 6) is -0.980. The van der Waals surface area contributed by atoms with Crippen LogP contribution in [0.3, 0.4) is 0 Å². The van der Waals surface area contributed by atoms with E-state index in [1.54, 1.807) is 13.0 Å². The fraction of sp³-hybridized carbons (Fsp3) is 0.267. The maximum Gasteiger partial charge on any atom is 0.418 e. The van der Waals surface area contributed by atoms with Crippen LogP contribution in [0.1, 0.15) is 23.6 Å². The van der Waals surface area contributed by atoms with Gasteiger partial charge in [-0.1, -0.05) is 0 Å². The molecule has 0 aliphatic heterocycles. The highest BCUT2D eigenvalue weighted by Crippen LogP contribution is 2.30. The highest BCUT2D eigenvalue weighted by Gasteiger charge is 2.34. The van der Waals surface area contributed by atoms with Crippen molar-refractivity contribution in [3.05, 3.63) is 51.2 Å². The van der Waals surface area contributed by atoms with Gasteiger partial charge in [-0.3, -0.25) is 4.79 Å². The quantitative estimate of drug-likeness (QED) is 0.805. The van der Waals surface area contributed by atoms with Crippen LogP contribution in [0.4, 0.5) is 17.6 Å². The second kappa shape index (κ2) is 6.31. The first-order chi connectivity index (χ1) is 11.2. The molecule has 5 nitrogen and oxygen atoms in total. The van der Waals surface area contributed by atoms with Crippen LogP contribution in [0.25, 0.3) is 5.69 Å². The molecule has 9 heteroatoms. The van der Waals surface area contributed by atoms with Crippen LogP contribution in [0, 0.1) is 24.1 Å². The minimum Gasteiger partial charge on any atom is -0.492 e. The Morgan fingerprint density at radius 1 is 1.38 bits per heavy atom. The summed E-state index contributed by atoms with van der Waals surface area (Å²) < 4.78 is 58.2. The lowest BCUT2D eigenvalue weighted by atomic mass is 10.1. The number of halogens is 4. The maximum absolute atomic E-state index is 14.2. The summed E-state index contributed by atoms with van der Waals surface area (Å²) >= 11 is 0. The molecule has 0 aliphatic carbocycles. The Labute approximate surface area is 133 Å². The molecule has 0 aliphatic rings. The van der Waals surface area contributed by atoms with Crippen LogP contribution in [0.2, 0.25) is 0 Å². The fourth-order valence-corrected chi connectivity index (χ4v) is 2.06. The third kappa shape index (κ3) is 3.08. The second-order valence-corrected chi connectivity index (χ2v) is 4.74. The lowest BCUT2D eigenvalue weighted by Crippen LogP contribution is -2.28. The summed E-state index contributed by atoms with van der Waals surface area (Å²) in [6, 6.07) is 3.62. The highest BCUT2D eigenvalue weighted by molar-refractivity contribution is 5.51. The van der Waals surface area contributed by atoms with Crippen LogP contribution in [0.5, 0.6) is 5.75 Å². The molecule has 0 saturated heterocycles. The summed E-state index contributed by atoms with van der Waals surface area (Å²) in [6.07, 6.45) is -4.29. The molecule has 0 fully saturated rings. The van der Waals surface area contributed by atoms with E-state index in [-0.39, 0.29) is 17.9 Å². The second-order valence-electron chi connectivity index (χ2n) is 4.74. The van der Waals surface area contributed by atoms with E-state index in [0.29, 0.717) is 10.9 Å². The lowest BCUT2D eigenvalue weighted by Gasteiger charge is -2.13. The number of nitrogens with zero attached hydrogens (tertiary/aromatic N) is 3. The molecule has 2 rings (SSSR count). The van der Waals surface area contributed by atoms with Crippen molar-refractivity contribution in [1.82, 2.24) is 9.78 Å². The molecule has 0 unspecified atom stereocenters. The van der Waals surface area contributed by atoms with E-state index in [2.05, 4.69) is 5.10 Å². The van der Waals surface area contributed by atoms with Crippen molar-refractivity contribution >= 4 is 0 Å². The van der Waals surface area contributed by atoms with Gasteiger partial charge in [-0.15, -0.1) is 0 Å². The van der Waals surface area contributed by atoms with E-state index in [0.717, 1.165) is 19.1 Å².